The van der Waals surface area contributed by atoms with Crippen LogP contribution < -0.4 is 5.32 Å². The molecule has 1 aliphatic heterocycles. The average Bonchev–Trinajstić information content (AvgIpc) is 2.41. The topological polar surface area (TPSA) is 45.0 Å². The van der Waals surface area contributed by atoms with Crippen molar-refractivity contribution in [3.8, 4) is 6.07 Å². The van der Waals surface area contributed by atoms with Gasteiger partial charge in [-0.3, -0.25) is 5.32 Å². The van der Waals surface area contributed by atoms with E-state index in [1.165, 1.54) is 0 Å². The molecule has 0 aromatic rings. The SMILES string of the molecule is CC(C#N)NCC1CCC(C)(C)O1. The third-order valence-electron chi connectivity index (χ3n) is 2.40. The molecule has 1 rings (SSSR count). The lowest BCUT2D eigenvalue weighted by molar-refractivity contribution is -0.0145. The van der Waals surface area contributed by atoms with Crippen LogP contribution in [0.25, 0.3) is 0 Å². The quantitative estimate of drug-likeness (QED) is 0.718. The van der Waals surface area contributed by atoms with E-state index in [4.69, 9.17) is 10.00 Å². The molecule has 74 valence electrons. The Labute approximate surface area is 80.1 Å². The summed E-state index contributed by atoms with van der Waals surface area (Å²) in [5.74, 6) is 0. The molecule has 0 radical (unpaired) electrons. The van der Waals surface area contributed by atoms with E-state index >= 15 is 0 Å². The minimum Gasteiger partial charge on any atom is -0.371 e. The maximum absolute atomic E-state index is 8.56. The first-order valence-corrected chi connectivity index (χ1v) is 4.84. The highest BCUT2D eigenvalue weighted by molar-refractivity contribution is 4.88. The predicted molar refractivity (Wildman–Crippen MR) is 51.3 cm³/mol. The Balaban J connectivity index is 2.22. The fraction of sp³-hybridized carbons (Fsp3) is 0.900. The first-order valence-electron chi connectivity index (χ1n) is 4.84. The molecule has 1 fully saturated rings. The molecule has 0 aromatic heterocycles. The number of rotatable bonds is 3. The number of hydrogen-bond acceptors (Lipinski definition) is 3. The third kappa shape index (κ3) is 3.33. The van der Waals surface area contributed by atoms with Crippen LogP contribution in [0.2, 0.25) is 0 Å². The molecule has 0 amide bonds. The lowest BCUT2D eigenvalue weighted by atomic mass is 10.1. The van der Waals surface area contributed by atoms with E-state index in [2.05, 4.69) is 25.2 Å². The summed E-state index contributed by atoms with van der Waals surface area (Å²) in [7, 11) is 0. The highest BCUT2D eigenvalue weighted by Crippen LogP contribution is 2.28. The van der Waals surface area contributed by atoms with Crippen LogP contribution in [0.4, 0.5) is 0 Å². The fourth-order valence-corrected chi connectivity index (χ4v) is 1.58. The predicted octanol–water partition coefficient (Wildman–Crippen LogP) is 1.45. The summed E-state index contributed by atoms with van der Waals surface area (Å²) in [6.07, 6.45) is 2.49. The van der Waals surface area contributed by atoms with E-state index in [9.17, 15) is 0 Å². The molecule has 2 unspecified atom stereocenters. The molecule has 0 aromatic carbocycles. The van der Waals surface area contributed by atoms with Gasteiger partial charge < -0.3 is 4.74 Å². The Kier molecular flexibility index (Phi) is 3.29. The number of hydrogen-bond donors (Lipinski definition) is 1. The lowest BCUT2D eigenvalue weighted by Gasteiger charge is -2.19. The molecule has 1 N–H and O–H groups in total. The zero-order valence-corrected chi connectivity index (χ0v) is 8.63. The second-order valence-electron chi connectivity index (χ2n) is 4.30. The van der Waals surface area contributed by atoms with Crippen molar-refractivity contribution in [2.75, 3.05) is 6.54 Å². The maximum Gasteiger partial charge on any atom is 0.0925 e. The lowest BCUT2D eigenvalue weighted by Crippen LogP contribution is -2.34. The van der Waals surface area contributed by atoms with Gasteiger partial charge in [-0.15, -0.1) is 0 Å². The van der Waals surface area contributed by atoms with Gasteiger partial charge in [0.2, 0.25) is 0 Å². The summed E-state index contributed by atoms with van der Waals surface area (Å²) in [6.45, 7) is 6.87. The van der Waals surface area contributed by atoms with Crippen molar-refractivity contribution in [1.82, 2.24) is 5.32 Å². The van der Waals surface area contributed by atoms with E-state index < -0.39 is 0 Å². The summed E-state index contributed by atoms with van der Waals surface area (Å²) in [5, 5.41) is 11.7. The zero-order valence-electron chi connectivity index (χ0n) is 8.63. The molecule has 3 heteroatoms. The largest absolute Gasteiger partial charge is 0.371 e. The van der Waals surface area contributed by atoms with Crippen molar-refractivity contribution in [3.63, 3.8) is 0 Å². The van der Waals surface area contributed by atoms with Crippen LogP contribution in [-0.4, -0.2) is 24.3 Å². The van der Waals surface area contributed by atoms with Crippen LogP contribution in [0.3, 0.4) is 0 Å². The Hall–Kier alpha value is -0.590. The smallest absolute Gasteiger partial charge is 0.0925 e. The molecule has 13 heavy (non-hydrogen) atoms. The summed E-state index contributed by atoms with van der Waals surface area (Å²) >= 11 is 0. The van der Waals surface area contributed by atoms with E-state index in [1.807, 2.05) is 6.92 Å². The molecule has 0 bridgehead atoms. The summed E-state index contributed by atoms with van der Waals surface area (Å²) in [4.78, 5) is 0. The molecular weight excluding hydrogens is 164 g/mol. The van der Waals surface area contributed by atoms with Gasteiger partial charge in [-0.2, -0.15) is 5.26 Å². The van der Waals surface area contributed by atoms with Gasteiger partial charge >= 0.3 is 0 Å². The summed E-state index contributed by atoms with van der Waals surface area (Å²) < 4.78 is 5.77. The monoisotopic (exact) mass is 182 g/mol. The van der Waals surface area contributed by atoms with Crippen LogP contribution in [0, 0.1) is 11.3 Å². The Morgan fingerprint density at radius 2 is 2.38 bits per heavy atom. The second-order valence-corrected chi connectivity index (χ2v) is 4.30. The van der Waals surface area contributed by atoms with Crippen molar-refractivity contribution >= 4 is 0 Å². The van der Waals surface area contributed by atoms with Gasteiger partial charge in [-0.1, -0.05) is 0 Å². The third-order valence-corrected chi connectivity index (χ3v) is 2.40. The van der Waals surface area contributed by atoms with Gasteiger partial charge in [0.1, 0.15) is 0 Å². The van der Waals surface area contributed by atoms with Crippen LogP contribution in [-0.2, 0) is 4.74 Å². The molecule has 1 saturated heterocycles. The first-order chi connectivity index (χ1) is 6.03. The highest BCUT2D eigenvalue weighted by Gasteiger charge is 2.31. The van der Waals surface area contributed by atoms with Crippen molar-refractivity contribution < 1.29 is 4.74 Å². The maximum atomic E-state index is 8.56. The number of nitrogens with zero attached hydrogens (tertiary/aromatic N) is 1. The van der Waals surface area contributed by atoms with Crippen LogP contribution >= 0.6 is 0 Å². The standard InChI is InChI=1S/C10H18N2O/c1-8(6-11)12-7-9-4-5-10(2,3)13-9/h8-9,12H,4-5,7H2,1-3H3. The fourth-order valence-electron chi connectivity index (χ4n) is 1.58. The van der Waals surface area contributed by atoms with Gasteiger partial charge in [0.25, 0.3) is 0 Å². The van der Waals surface area contributed by atoms with Crippen LogP contribution in [0.5, 0.6) is 0 Å². The summed E-state index contributed by atoms with van der Waals surface area (Å²) in [6, 6.07) is 2.07. The minimum absolute atomic E-state index is 0.0300. The van der Waals surface area contributed by atoms with Crippen LogP contribution in [0.1, 0.15) is 33.6 Å². The molecule has 0 saturated carbocycles. The van der Waals surface area contributed by atoms with Crippen LogP contribution in [0.15, 0.2) is 0 Å². The van der Waals surface area contributed by atoms with E-state index in [0.717, 1.165) is 19.4 Å². The van der Waals surface area contributed by atoms with Crippen molar-refractivity contribution in [1.29, 1.82) is 5.26 Å². The van der Waals surface area contributed by atoms with Gasteiger partial charge in [0.05, 0.1) is 23.8 Å². The number of ether oxygens (including phenoxy) is 1. The van der Waals surface area contributed by atoms with Crippen molar-refractivity contribution in [2.24, 2.45) is 0 Å². The van der Waals surface area contributed by atoms with E-state index in [-0.39, 0.29) is 17.7 Å². The molecular formula is C10H18N2O. The first kappa shape index (κ1) is 10.5. The normalized spacial score (nSPS) is 28.3. The van der Waals surface area contributed by atoms with Crippen molar-refractivity contribution in [3.05, 3.63) is 0 Å². The number of nitriles is 1. The molecule has 1 heterocycles. The van der Waals surface area contributed by atoms with E-state index in [1.54, 1.807) is 0 Å². The Bertz CT molecular complexity index is 207. The molecule has 0 aliphatic carbocycles. The van der Waals surface area contributed by atoms with Gasteiger partial charge in [0.15, 0.2) is 0 Å². The van der Waals surface area contributed by atoms with E-state index in [0.29, 0.717) is 0 Å². The number of nitrogens with one attached hydrogen (secondary N) is 1. The minimum atomic E-state index is -0.0766. The van der Waals surface area contributed by atoms with Gasteiger partial charge in [0, 0.05) is 6.54 Å². The molecule has 3 nitrogen and oxygen atoms in total. The highest BCUT2D eigenvalue weighted by atomic mass is 16.5. The Morgan fingerprint density at radius 3 is 2.85 bits per heavy atom. The second kappa shape index (κ2) is 4.08. The van der Waals surface area contributed by atoms with Gasteiger partial charge in [-0.25, -0.2) is 0 Å². The molecule has 0 spiro atoms. The Morgan fingerprint density at radius 1 is 1.69 bits per heavy atom. The van der Waals surface area contributed by atoms with Crippen molar-refractivity contribution in [2.45, 2.75) is 51.4 Å². The molecule has 1 aliphatic rings. The average molecular weight is 182 g/mol. The zero-order chi connectivity index (χ0) is 9.90. The van der Waals surface area contributed by atoms with Gasteiger partial charge in [-0.05, 0) is 33.6 Å². The summed E-state index contributed by atoms with van der Waals surface area (Å²) in [5.41, 5.74) is 0.0300. The molecule has 2 atom stereocenters.